The minimum Gasteiger partial charge on any atom is -0.496 e. The number of benzene rings is 1. The zero-order valence-corrected chi connectivity index (χ0v) is 10.8. The number of aromatic amines is 1. The third kappa shape index (κ3) is 3.21. The molecule has 0 aliphatic rings. The lowest BCUT2D eigenvalue weighted by atomic mass is 10.2. The number of nitrogens with zero attached hydrogens (tertiary/aromatic N) is 2. The van der Waals surface area contributed by atoms with Crippen LogP contribution in [-0.2, 0) is 0 Å². The Morgan fingerprint density at radius 3 is 2.71 bits per heavy atom. The van der Waals surface area contributed by atoms with Crippen molar-refractivity contribution in [2.75, 3.05) is 12.4 Å². The Bertz CT molecular complexity index is 735. The normalized spacial score (nSPS) is 9.95. The number of amides is 1. The summed E-state index contributed by atoms with van der Waals surface area (Å²) in [7, 11) is 1.38. The molecule has 0 aliphatic carbocycles. The minimum absolute atomic E-state index is 0.00111. The third-order valence-corrected chi connectivity index (χ3v) is 2.56. The van der Waals surface area contributed by atoms with Gasteiger partial charge >= 0.3 is 0 Å². The van der Waals surface area contributed by atoms with E-state index in [1.54, 1.807) is 0 Å². The van der Waals surface area contributed by atoms with Gasteiger partial charge in [0.1, 0.15) is 17.1 Å². The predicted molar refractivity (Wildman–Crippen MR) is 72.5 cm³/mol. The number of carbonyl (C=O) groups excluding carboxylic acids is 1. The van der Waals surface area contributed by atoms with Crippen LogP contribution >= 0.6 is 0 Å². The van der Waals surface area contributed by atoms with Crippen LogP contribution in [0.1, 0.15) is 10.5 Å². The van der Waals surface area contributed by atoms with Gasteiger partial charge in [-0.3, -0.25) is 19.7 Å². The van der Waals surface area contributed by atoms with Crippen molar-refractivity contribution in [1.29, 1.82) is 0 Å². The Morgan fingerprint density at radius 1 is 1.38 bits per heavy atom. The second-order valence-corrected chi connectivity index (χ2v) is 3.90. The molecule has 9 nitrogen and oxygen atoms in total. The molecule has 9 heteroatoms. The molecule has 2 aromatic rings. The fraction of sp³-hybridized carbons (Fsp3) is 0.0833. The molecular formula is C12H10N4O5. The Labute approximate surface area is 117 Å². The molecule has 0 fully saturated rings. The molecule has 0 saturated heterocycles. The summed E-state index contributed by atoms with van der Waals surface area (Å²) >= 11 is 0. The predicted octanol–water partition coefficient (Wildman–Crippen LogP) is 0.939. The number of nitro benzene ring substituents is 1. The summed E-state index contributed by atoms with van der Waals surface area (Å²) < 4.78 is 4.89. The van der Waals surface area contributed by atoms with Crippen molar-refractivity contribution in [3.05, 3.63) is 56.5 Å². The number of ether oxygens (including phenoxy) is 1. The first-order chi connectivity index (χ1) is 10.0. The molecule has 2 N–H and O–H groups in total. The maximum atomic E-state index is 11.9. The summed E-state index contributed by atoms with van der Waals surface area (Å²) in [6, 6.07) is 6.35. The number of nitrogens with one attached hydrogen (secondary N) is 2. The van der Waals surface area contributed by atoms with Gasteiger partial charge in [-0.25, -0.2) is 5.10 Å². The van der Waals surface area contributed by atoms with Crippen LogP contribution in [0, 0.1) is 10.1 Å². The summed E-state index contributed by atoms with van der Waals surface area (Å²) in [6.07, 6.45) is 0. The van der Waals surface area contributed by atoms with Crippen molar-refractivity contribution >= 4 is 17.3 Å². The zero-order chi connectivity index (χ0) is 15.4. The first-order valence-corrected chi connectivity index (χ1v) is 5.71. The van der Waals surface area contributed by atoms with E-state index >= 15 is 0 Å². The third-order valence-electron chi connectivity index (χ3n) is 2.56. The summed E-state index contributed by atoms with van der Waals surface area (Å²) in [5.74, 6) is -0.388. The van der Waals surface area contributed by atoms with Crippen LogP contribution < -0.4 is 15.6 Å². The van der Waals surface area contributed by atoms with Gasteiger partial charge in [-0.15, -0.1) is 0 Å². The highest BCUT2D eigenvalue weighted by molar-refractivity contribution is 6.04. The highest BCUT2D eigenvalue weighted by Crippen LogP contribution is 2.29. The molecule has 1 heterocycles. The molecule has 0 unspecified atom stereocenters. The summed E-state index contributed by atoms with van der Waals surface area (Å²) in [6.45, 7) is 0. The van der Waals surface area contributed by atoms with Gasteiger partial charge in [-0.05, 0) is 18.2 Å². The Morgan fingerprint density at radius 2 is 2.14 bits per heavy atom. The number of hydrogen-bond donors (Lipinski definition) is 2. The molecule has 2 rings (SSSR count). The van der Waals surface area contributed by atoms with Crippen LogP contribution in [0.2, 0.25) is 0 Å². The lowest BCUT2D eigenvalue weighted by Gasteiger charge is -2.06. The van der Waals surface area contributed by atoms with Gasteiger partial charge < -0.3 is 10.1 Å². The van der Waals surface area contributed by atoms with E-state index in [4.69, 9.17) is 4.74 Å². The molecule has 1 amide bonds. The van der Waals surface area contributed by atoms with Crippen LogP contribution in [0.15, 0.2) is 35.1 Å². The molecule has 1 aromatic carbocycles. The van der Waals surface area contributed by atoms with Gasteiger partial charge in [-0.1, -0.05) is 0 Å². The average Bonchev–Trinajstić information content (AvgIpc) is 2.48. The summed E-state index contributed by atoms with van der Waals surface area (Å²) in [4.78, 5) is 33.1. The smallest absolute Gasteiger partial charge is 0.296 e. The Kier molecular flexibility index (Phi) is 3.93. The number of anilines is 1. The molecule has 1 aromatic heterocycles. The highest BCUT2D eigenvalue weighted by atomic mass is 16.6. The minimum atomic E-state index is -0.681. The number of aromatic nitrogens is 2. The van der Waals surface area contributed by atoms with Gasteiger partial charge in [0.05, 0.1) is 18.1 Å². The molecular weight excluding hydrogens is 280 g/mol. The van der Waals surface area contributed by atoms with E-state index in [-0.39, 0.29) is 17.1 Å². The lowest BCUT2D eigenvalue weighted by Crippen LogP contribution is -2.18. The molecule has 0 spiro atoms. The van der Waals surface area contributed by atoms with Gasteiger partial charge in [0, 0.05) is 6.07 Å². The Hall–Kier alpha value is -3.23. The van der Waals surface area contributed by atoms with Crippen molar-refractivity contribution in [2.45, 2.75) is 0 Å². The van der Waals surface area contributed by atoms with Gasteiger partial charge in [0.2, 0.25) is 0 Å². The topological polar surface area (TPSA) is 127 Å². The molecule has 0 bridgehead atoms. The molecule has 0 radical (unpaired) electrons. The summed E-state index contributed by atoms with van der Waals surface area (Å²) in [5.41, 5.74) is -0.840. The number of methoxy groups -OCH3 is 1. The first-order valence-electron chi connectivity index (χ1n) is 5.71. The van der Waals surface area contributed by atoms with E-state index in [0.717, 1.165) is 6.07 Å². The number of hydrogen-bond acceptors (Lipinski definition) is 6. The van der Waals surface area contributed by atoms with Crippen LogP contribution in [0.4, 0.5) is 11.4 Å². The maximum Gasteiger partial charge on any atom is 0.296 e. The number of rotatable bonds is 4. The van der Waals surface area contributed by atoms with E-state index < -0.39 is 16.4 Å². The zero-order valence-electron chi connectivity index (χ0n) is 10.8. The van der Waals surface area contributed by atoms with Crippen molar-refractivity contribution in [3.8, 4) is 5.75 Å². The molecule has 0 atom stereocenters. The van der Waals surface area contributed by atoms with Gasteiger partial charge in [-0.2, -0.15) is 5.10 Å². The second kappa shape index (κ2) is 5.82. The van der Waals surface area contributed by atoms with Crippen molar-refractivity contribution in [3.63, 3.8) is 0 Å². The monoisotopic (exact) mass is 290 g/mol. The lowest BCUT2D eigenvalue weighted by molar-refractivity contribution is -0.384. The standard InChI is InChI=1S/C12H10N4O5/c1-21-7-2-3-8(10(6-7)16(19)20)13-12(18)9-4-5-11(17)15-14-9/h2-6H,1H3,(H,13,18)(H,15,17). The number of nitro groups is 1. The van der Waals surface area contributed by atoms with E-state index in [9.17, 15) is 19.7 Å². The SMILES string of the molecule is COc1ccc(NC(=O)c2ccc(=O)[nH]n2)c([N+](=O)[O-])c1. The van der Waals surface area contributed by atoms with Gasteiger partial charge in [0.15, 0.2) is 0 Å². The fourth-order valence-electron chi connectivity index (χ4n) is 1.55. The average molecular weight is 290 g/mol. The second-order valence-electron chi connectivity index (χ2n) is 3.90. The van der Waals surface area contributed by atoms with Crippen molar-refractivity contribution in [2.24, 2.45) is 0 Å². The largest absolute Gasteiger partial charge is 0.496 e. The molecule has 21 heavy (non-hydrogen) atoms. The number of H-pyrrole nitrogens is 1. The summed E-state index contributed by atoms with van der Waals surface area (Å²) in [5, 5.41) is 19.0. The fourth-order valence-corrected chi connectivity index (χ4v) is 1.55. The van der Waals surface area contributed by atoms with E-state index in [1.807, 2.05) is 0 Å². The van der Waals surface area contributed by atoms with Gasteiger partial charge in [0.25, 0.3) is 17.2 Å². The first kappa shape index (κ1) is 14.2. The van der Waals surface area contributed by atoms with Crippen LogP contribution in [0.3, 0.4) is 0 Å². The number of carbonyl (C=O) groups is 1. The maximum absolute atomic E-state index is 11.9. The van der Waals surface area contributed by atoms with Crippen LogP contribution in [0.5, 0.6) is 5.75 Å². The van der Waals surface area contributed by atoms with E-state index in [0.29, 0.717) is 5.75 Å². The molecule has 0 saturated carbocycles. The molecule has 108 valence electrons. The van der Waals surface area contributed by atoms with Crippen LogP contribution in [0.25, 0.3) is 0 Å². The van der Waals surface area contributed by atoms with E-state index in [2.05, 4.69) is 15.5 Å². The van der Waals surface area contributed by atoms with Crippen LogP contribution in [-0.4, -0.2) is 28.1 Å². The molecule has 0 aliphatic heterocycles. The Balaban J connectivity index is 2.30. The van der Waals surface area contributed by atoms with Crippen molar-refractivity contribution < 1.29 is 14.5 Å². The van der Waals surface area contributed by atoms with E-state index in [1.165, 1.54) is 31.4 Å². The highest BCUT2D eigenvalue weighted by Gasteiger charge is 2.18. The quantitative estimate of drug-likeness (QED) is 0.637. The van der Waals surface area contributed by atoms with Crippen molar-refractivity contribution in [1.82, 2.24) is 10.2 Å².